The summed E-state index contributed by atoms with van der Waals surface area (Å²) in [6.45, 7) is 12.6. The smallest absolute Gasteiger partial charge is 0.228 e. The number of thioether (sulfide) groups is 1. The number of rotatable bonds is 19. The summed E-state index contributed by atoms with van der Waals surface area (Å²) >= 11 is 1.83. The normalized spacial score (nSPS) is 13.0. The fraction of sp³-hybridized carbons (Fsp3) is 0.595. The highest BCUT2D eigenvalue weighted by Crippen LogP contribution is 2.35. The second-order valence-corrected chi connectivity index (χ2v) is 13.8. The Balaban J connectivity index is 0.00000645. The molecule has 0 spiro atoms. The minimum Gasteiger partial charge on any atom is -0.493 e. The van der Waals surface area contributed by atoms with Crippen molar-refractivity contribution in [2.75, 3.05) is 17.8 Å². The third-order valence-corrected chi connectivity index (χ3v) is 9.04. The van der Waals surface area contributed by atoms with Crippen LogP contribution in [0.1, 0.15) is 128 Å². The van der Waals surface area contributed by atoms with Crippen molar-refractivity contribution in [1.29, 1.82) is 0 Å². The van der Waals surface area contributed by atoms with Gasteiger partial charge in [0.05, 0.1) is 18.9 Å². The van der Waals surface area contributed by atoms with Crippen LogP contribution in [0.3, 0.4) is 0 Å². The standard InChI is InChI=1S/C37H56N2O2S.BrH/c1-6-7-8-9-10-11-12-13-14-15-16-17-24-41-36-32(21-19-23-34(36)37(3,4)5)26-35(40)38-33-22-18-20-31(25-33)27-39-29-42-28-30(39)2;/h18-23,25,28H,6-17,24,26-27,29H2,1-5H3,(H,38,40);1H. The van der Waals surface area contributed by atoms with Gasteiger partial charge in [0.25, 0.3) is 0 Å². The van der Waals surface area contributed by atoms with Crippen molar-refractivity contribution < 1.29 is 9.53 Å². The second-order valence-electron chi connectivity index (χ2n) is 13.0. The van der Waals surface area contributed by atoms with Gasteiger partial charge in [-0.2, -0.15) is 0 Å². The summed E-state index contributed by atoms with van der Waals surface area (Å²) in [5.41, 5.74) is 5.41. The van der Waals surface area contributed by atoms with Crippen molar-refractivity contribution in [2.45, 2.75) is 130 Å². The molecule has 1 aliphatic rings. The van der Waals surface area contributed by atoms with E-state index in [9.17, 15) is 4.79 Å². The van der Waals surface area contributed by atoms with Crippen LogP contribution in [0.15, 0.2) is 53.6 Å². The number of hydrogen-bond acceptors (Lipinski definition) is 4. The van der Waals surface area contributed by atoms with Gasteiger partial charge in [0, 0.05) is 23.5 Å². The summed E-state index contributed by atoms with van der Waals surface area (Å²) in [6, 6.07) is 14.5. The number of allylic oxidation sites excluding steroid dienone is 1. The highest BCUT2D eigenvalue weighted by atomic mass is 79.9. The molecule has 0 atom stereocenters. The van der Waals surface area contributed by atoms with Crippen molar-refractivity contribution in [2.24, 2.45) is 0 Å². The van der Waals surface area contributed by atoms with Gasteiger partial charge >= 0.3 is 0 Å². The van der Waals surface area contributed by atoms with Crippen LogP contribution in [0, 0.1) is 0 Å². The number of carbonyl (C=O) groups excluding carboxylic acids is 1. The highest BCUT2D eigenvalue weighted by Gasteiger charge is 2.22. The number of halogens is 1. The van der Waals surface area contributed by atoms with Crippen LogP contribution in [-0.4, -0.2) is 23.3 Å². The number of hydrogen-bond donors (Lipinski definition) is 1. The largest absolute Gasteiger partial charge is 0.493 e. The summed E-state index contributed by atoms with van der Waals surface area (Å²) in [4.78, 5) is 15.6. The zero-order valence-electron chi connectivity index (χ0n) is 27.5. The molecule has 0 saturated heterocycles. The zero-order chi connectivity index (χ0) is 30.2. The van der Waals surface area contributed by atoms with Gasteiger partial charge in [-0.15, -0.1) is 28.7 Å². The van der Waals surface area contributed by atoms with E-state index in [0.717, 1.165) is 35.8 Å². The molecule has 1 heterocycles. The Bertz CT molecular complexity index is 1130. The summed E-state index contributed by atoms with van der Waals surface area (Å²) in [7, 11) is 0. The lowest BCUT2D eigenvalue weighted by Crippen LogP contribution is -2.19. The average Bonchev–Trinajstić information content (AvgIpc) is 3.35. The van der Waals surface area contributed by atoms with E-state index in [1.165, 1.54) is 87.5 Å². The van der Waals surface area contributed by atoms with Gasteiger partial charge in [0.15, 0.2) is 0 Å². The highest BCUT2D eigenvalue weighted by molar-refractivity contribution is 8.93. The van der Waals surface area contributed by atoms with E-state index in [4.69, 9.17) is 4.74 Å². The first kappa shape index (κ1) is 37.3. The predicted molar refractivity (Wildman–Crippen MR) is 193 cm³/mol. The van der Waals surface area contributed by atoms with Crippen molar-refractivity contribution in [3.8, 4) is 5.75 Å². The molecule has 1 amide bonds. The van der Waals surface area contributed by atoms with Crippen molar-refractivity contribution in [3.63, 3.8) is 0 Å². The maximum Gasteiger partial charge on any atom is 0.228 e. The Morgan fingerprint density at radius 2 is 1.53 bits per heavy atom. The summed E-state index contributed by atoms with van der Waals surface area (Å²) in [5.74, 6) is 1.86. The fourth-order valence-corrected chi connectivity index (χ4v) is 6.48. The predicted octanol–water partition coefficient (Wildman–Crippen LogP) is 11.2. The molecule has 0 radical (unpaired) electrons. The lowest BCUT2D eigenvalue weighted by atomic mass is 9.84. The summed E-state index contributed by atoms with van der Waals surface area (Å²) < 4.78 is 6.45. The van der Waals surface area contributed by atoms with Gasteiger partial charge in [0.1, 0.15) is 5.75 Å². The summed E-state index contributed by atoms with van der Waals surface area (Å²) in [5, 5.41) is 5.34. The number of carbonyl (C=O) groups is 1. The first-order valence-corrected chi connectivity index (χ1v) is 17.5. The van der Waals surface area contributed by atoms with Crippen LogP contribution in [0.2, 0.25) is 0 Å². The Labute approximate surface area is 277 Å². The number of ether oxygens (including phenoxy) is 1. The number of unbranched alkanes of at least 4 members (excludes halogenated alkanes) is 11. The molecule has 240 valence electrons. The maximum absolute atomic E-state index is 13.2. The van der Waals surface area contributed by atoms with E-state index in [0.29, 0.717) is 13.0 Å². The SMILES string of the molecule is Br.CCCCCCCCCCCCCCOc1c(CC(=O)Nc2cccc(CN3CSC=C3C)c2)cccc1C(C)(C)C. The van der Waals surface area contributed by atoms with Gasteiger partial charge in [-0.1, -0.05) is 129 Å². The van der Waals surface area contributed by atoms with Crippen molar-refractivity contribution >= 4 is 40.3 Å². The van der Waals surface area contributed by atoms with E-state index in [2.05, 4.69) is 74.5 Å². The maximum atomic E-state index is 13.2. The lowest BCUT2D eigenvalue weighted by molar-refractivity contribution is -0.115. The monoisotopic (exact) mass is 672 g/mol. The summed E-state index contributed by atoms with van der Waals surface area (Å²) in [6.07, 6.45) is 16.2. The molecule has 6 heteroatoms. The molecule has 2 aromatic rings. The van der Waals surface area contributed by atoms with Gasteiger partial charge in [-0.3, -0.25) is 4.79 Å². The second kappa shape index (κ2) is 20.2. The molecule has 0 aromatic heterocycles. The molecule has 1 aliphatic heterocycles. The van der Waals surface area contributed by atoms with Crippen molar-refractivity contribution in [1.82, 2.24) is 4.90 Å². The number of benzene rings is 2. The Hall–Kier alpha value is -1.92. The number of nitrogens with zero attached hydrogens (tertiary/aromatic N) is 1. The van der Waals surface area contributed by atoms with Gasteiger partial charge in [-0.05, 0) is 47.4 Å². The third kappa shape index (κ3) is 13.7. The Kier molecular flexibility index (Phi) is 17.5. The Morgan fingerprint density at radius 3 is 2.14 bits per heavy atom. The molecule has 4 nitrogen and oxygen atoms in total. The van der Waals surface area contributed by atoms with Crippen LogP contribution >= 0.6 is 28.7 Å². The molecule has 0 saturated carbocycles. The molecular formula is C37H57BrN2O2S. The van der Waals surface area contributed by atoms with E-state index in [-0.39, 0.29) is 28.3 Å². The molecule has 0 unspecified atom stereocenters. The zero-order valence-corrected chi connectivity index (χ0v) is 30.0. The van der Waals surface area contributed by atoms with E-state index >= 15 is 0 Å². The van der Waals surface area contributed by atoms with Crippen LogP contribution in [0.4, 0.5) is 5.69 Å². The molecule has 1 N–H and O–H groups in total. The molecule has 3 rings (SSSR count). The number of amides is 1. The third-order valence-electron chi connectivity index (χ3n) is 8.07. The van der Waals surface area contributed by atoms with E-state index in [1.807, 2.05) is 30.0 Å². The van der Waals surface area contributed by atoms with Gasteiger partial charge in [-0.25, -0.2) is 0 Å². The molecule has 2 aromatic carbocycles. The minimum absolute atomic E-state index is 0. The number of nitrogens with one attached hydrogen (secondary N) is 1. The topological polar surface area (TPSA) is 41.6 Å². The Morgan fingerprint density at radius 1 is 0.907 bits per heavy atom. The van der Waals surface area contributed by atoms with Crippen LogP contribution in [-0.2, 0) is 23.2 Å². The van der Waals surface area contributed by atoms with Gasteiger partial charge < -0.3 is 15.0 Å². The quantitative estimate of drug-likeness (QED) is 0.151. The molecule has 0 bridgehead atoms. The number of anilines is 1. The van der Waals surface area contributed by atoms with Crippen LogP contribution in [0.25, 0.3) is 0 Å². The van der Waals surface area contributed by atoms with E-state index < -0.39 is 0 Å². The first-order chi connectivity index (χ1) is 20.3. The molecule has 0 aliphatic carbocycles. The first-order valence-electron chi connectivity index (χ1n) is 16.4. The average molecular weight is 674 g/mol. The fourth-order valence-electron chi connectivity index (χ4n) is 5.54. The lowest BCUT2D eigenvalue weighted by Gasteiger charge is -2.25. The van der Waals surface area contributed by atoms with Gasteiger partial charge in [0.2, 0.25) is 5.91 Å². The molecular weight excluding hydrogens is 616 g/mol. The molecule has 0 fully saturated rings. The van der Waals surface area contributed by atoms with Crippen LogP contribution < -0.4 is 10.1 Å². The van der Waals surface area contributed by atoms with E-state index in [1.54, 1.807) is 0 Å². The van der Waals surface area contributed by atoms with Crippen LogP contribution in [0.5, 0.6) is 5.75 Å². The number of para-hydroxylation sites is 1. The van der Waals surface area contributed by atoms with Crippen molar-refractivity contribution in [3.05, 3.63) is 70.3 Å². The molecule has 43 heavy (non-hydrogen) atoms. The minimum atomic E-state index is -0.0624.